The SMILES string of the molecule is Cn1c(SCc2nc(-c3ccc4c(c3)OCO4)no2)nc2ccccc21. The first-order chi connectivity index (χ1) is 12.8. The van der Waals surface area contributed by atoms with Crippen LogP contribution in [-0.2, 0) is 12.8 Å². The Bertz CT molecular complexity index is 1100. The molecule has 130 valence electrons. The number of imidazole rings is 1. The Morgan fingerprint density at radius 1 is 1.08 bits per heavy atom. The van der Waals surface area contributed by atoms with E-state index in [0.717, 1.165) is 27.5 Å². The number of ether oxygens (including phenoxy) is 2. The van der Waals surface area contributed by atoms with Crippen LogP contribution in [-0.4, -0.2) is 26.5 Å². The highest BCUT2D eigenvalue weighted by Gasteiger charge is 2.17. The van der Waals surface area contributed by atoms with E-state index < -0.39 is 0 Å². The summed E-state index contributed by atoms with van der Waals surface area (Å²) in [4.78, 5) is 9.11. The van der Waals surface area contributed by atoms with Crippen molar-refractivity contribution in [1.82, 2.24) is 19.7 Å². The van der Waals surface area contributed by atoms with Crippen LogP contribution in [0.4, 0.5) is 0 Å². The lowest BCUT2D eigenvalue weighted by molar-refractivity contribution is 0.174. The molecule has 0 aliphatic carbocycles. The highest BCUT2D eigenvalue weighted by atomic mass is 32.2. The molecule has 0 amide bonds. The Kier molecular flexibility index (Phi) is 3.56. The Balaban J connectivity index is 1.35. The van der Waals surface area contributed by atoms with E-state index >= 15 is 0 Å². The normalized spacial score (nSPS) is 12.8. The Labute approximate surface area is 152 Å². The molecule has 4 aromatic rings. The molecule has 2 aromatic heterocycles. The monoisotopic (exact) mass is 366 g/mol. The minimum atomic E-state index is 0.241. The van der Waals surface area contributed by atoms with Crippen LogP contribution in [0.2, 0.25) is 0 Å². The standard InChI is InChI=1S/C18H14N4O3S/c1-22-13-5-3-2-4-12(13)19-18(22)26-9-16-20-17(21-25-16)11-6-7-14-15(8-11)24-10-23-14/h2-8H,9-10H2,1H3. The van der Waals surface area contributed by atoms with Gasteiger partial charge >= 0.3 is 0 Å². The van der Waals surface area contributed by atoms with Crippen LogP contribution in [0, 0.1) is 0 Å². The molecule has 0 saturated heterocycles. The van der Waals surface area contributed by atoms with Crippen molar-refractivity contribution in [3.05, 3.63) is 48.4 Å². The van der Waals surface area contributed by atoms with Gasteiger partial charge in [0.15, 0.2) is 16.7 Å². The number of nitrogens with zero attached hydrogens (tertiary/aromatic N) is 4. The molecule has 26 heavy (non-hydrogen) atoms. The van der Waals surface area contributed by atoms with Gasteiger partial charge in [-0.05, 0) is 30.3 Å². The molecule has 0 fully saturated rings. The molecule has 8 heteroatoms. The Morgan fingerprint density at radius 3 is 2.88 bits per heavy atom. The minimum Gasteiger partial charge on any atom is -0.454 e. The summed E-state index contributed by atoms with van der Waals surface area (Å²) < 4.78 is 18.2. The first kappa shape index (κ1) is 15.3. The summed E-state index contributed by atoms with van der Waals surface area (Å²) in [6, 6.07) is 13.6. The highest BCUT2D eigenvalue weighted by molar-refractivity contribution is 7.98. The van der Waals surface area contributed by atoms with Gasteiger partial charge in [-0.25, -0.2) is 4.98 Å². The lowest BCUT2D eigenvalue weighted by Crippen LogP contribution is -1.92. The van der Waals surface area contributed by atoms with Gasteiger partial charge in [0.1, 0.15) is 0 Å². The number of benzene rings is 2. The number of para-hydroxylation sites is 2. The molecule has 0 spiro atoms. The van der Waals surface area contributed by atoms with Crippen LogP contribution in [0.25, 0.3) is 22.4 Å². The Morgan fingerprint density at radius 2 is 1.96 bits per heavy atom. The first-order valence-electron chi connectivity index (χ1n) is 8.05. The van der Waals surface area contributed by atoms with E-state index in [1.807, 2.05) is 43.4 Å². The second-order valence-corrected chi connectivity index (χ2v) is 6.75. The van der Waals surface area contributed by atoms with Crippen molar-refractivity contribution < 1.29 is 14.0 Å². The molecule has 0 radical (unpaired) electrons. The zero-order valence-electron chi connectivity index (χ0n) is 13.9. The van der Waals surface area contributed by atoms with Crippen molar-refractivity contribution in [2.75, 3.05) is 6.79 Å². The lowest BCUT2D eigenvalue weighted by Gasteiger charge is -1.99. The molecule has 1 aliphatic rings. The van der Waals surface area contributed by atoms with Gasteiger partial charge in [0.05, 0.1) is 16.8 Å². The maximum Gasteiger partial charge on any atom is 0.237 e. The van der Waals surface area contributed by atoms with Crippen LogP contribution >= 0.6 is 11.8 Å². The fraction of sp³-hybridized carbons (Fsp3) is 0.167. The van der Waals surface area contributed by atoms with Gasteiger partial charge < -0.3 is 18.6 Å². The molecule has 5 rings (SSSR count). The van der Waals surface area contributed by atoms with Gasteiger partial charge in [-0.15, -0.1) is 0 Å². The third-order valence-electron chi connectivity index (χ3n) is 4.17. The molecule has 7 nitrogen and oxygen atoms in total. The number of thioether (sulfide) groups is 1. The molecule has 0 atom stereocenters. The molecule has 2 aromatic carbocycles. The third kappa shape index (κ3) is 2.59. The molecule has 0 N–H and O–H groups in total. The fourth-order valence-corrected chi connectivity index (χ4v) is 3.67. The van der Waals surface area contributed by atoms with Gasteiger partial charge in [-0.3, -0.25) is 0 Å². The van der Waals surface area contributed by atoms with E-state index in [9.17, 15) is 0 Å². The number of hydrogen-bond donors (Lipinski definition) is 0. The maximum absolute atomic E-state index is 5.39. The number of aryl methyl sites for hydroxylation is 1. The molecule has 0 unspecified atom stereocenters. The number of fused-ring (bicyclic) bond motifs is 2. The summed E-state index contributed by atoms with van der Waals surface area (Å²) in [6.07, 6.45) is 0. The van der Waals surface area contributed by atoms with E-state index in [0.29, 0.717) is 23.2 Å². The highest BCUT2D eigenvalue weighted by Crippen LogP contribution is 2.35. The van der Waals surface area contributed by atoms with Crippen LogP contribution < -0.4 is 9.47 Å². The van der Waals surface area contributed by atoms with Crippen LogP contribution in [0.5, 0.6) is 11.5 Å². The summed E-state index contributed by atoms with van der Waals surface area (Å²) in [7, 11) is 2.00. The summed E-state index contributed by atoms with van der Waals surface area (Å²) in [6.45, 7) is 0.241. The second kappa shape index (κ2) is 6.06. The van der Waals surface area contributed by atoms with E-state index in [1.165, 1.54) is 0 Å². The average Bonchev–Trinajstić information content (AvgIpc) is 3.38. The van der Waals surface area contributed by atoms with Crippen LogP contribution in [0.1, 0.15) is 5.89 Å². The molecule has 0 bridgehead atoms. The van der Waals surface area contributed by atoms with Gasteiger partial charge in [0.25, 0.3) is 0 Å². The van der Waals surface area contributed by atoms with Crippen molar-refractivity contribution in [2.24, 2.45) is 7.05 Å². The largest absolute Gasteiger partial charge is 0.454 e. The number of aromatic nitrogens is 4. The van der Waals surface area contributed by atoms with Crippen molar-refractivity contribution in [2.45, 2.75) is 10.9 Å². The number of hydrogen-bond acceptors (Lipinski definition) is 7. The van der Waals surface area contributed by atoms with Crippen LogP contribution in [0.15, 0.2) is 52.1 Å². The quantitative estimate of drug-likeness (QED) is 0.510. The van der Waals surface area contributed by atoms with E-state index in [-0.39, 0.29) is 6.79 Å². The molecule has 3 heterocycles. The van der Waals surface area contributed by atoms with Crippen LogP contribution in [0.3, 0.4) is 0 Å². The predicted octanol–water partition coefficient (Wildman–Crippen LogP) is 3.64. The summed E-state index contributed by atoms with van der Waals surface area (Å²) in [5.41, 5.74) is 2.91. The smallest absolute Gasteiger partial charge is 0.237 e. The molecular formula is C18H14N4O3S. The van der Waals surface area contributed by atoms with E-state index in [4.69, 9.17) is 14.0 Å². The van der Waals surface area contributed by atoms with Crippen molar-refractivity contribution in [3.8, 4) is 22.9 Å². The molecular weight excluding hydrogens is 352 g/mol. The molecule has 1 aliphatic heterocycles. The second-order valence-electron chi connectivity index (χ2n) is 5.81. The zero-order chi connectivity index (χ0) is 17.5. The zero-order valence-corrected chi connectivity index (χ0v) is 14.7. The van der Waals surface area contributed by atoms with Gasteiger partial charge in [-0.2, -0.15) is 4.98 Å². The van der Waals surface area contributed by atoms with E-state index in [2.05, 4.69) is 25.8 Å². The first-order valence-corrected chi connectivity index (χ1v) is 9.03. The average molecular weight is 366 g/mol. The van der Waals surface area contributed by atoms with Gasteiger partial charge in [0.2, 0.25) is 18.5 Å². The molecule has 0 saturated carbocycles. The van der Waals surface area contributed by atoms with Crippen molar-refractivity contribution in [1.29, 1.82) is 0 Å². The lowest BCUT2D eigenvalue weighted by atomic mass is 10.2. The topological polar surface area (TPSA) is 75.2 Å². The van der Waals surface area contributed by atoms with Gasteiger partial charge in [-0.1, -0.05) is 29.1 Å². The summed E-state index contributed by atoms with van der Waals surface area (Å²) in [5.74, 6) is 3.06. The van der Waals surface area contributed by atoms with Crippen molar-refractivity contribution >= 4 is 22.8 Å². The van der Waals surface area contributed by atoms with Crippen molar-refractivity contribution in [3.63, 3.8) is 0 Å². The number of rotatable bonds is 4. The van der Waals surface area contributed by atoms with E-state index in [1.54, 1.807) is 11.8 Å². The predicted molar refractivity (Wildman–Crippen MR) is 96.1 cm³/mol. The third-order valence-corrected chi connectivity index (χ3v) is 5.18. The van der Waals surface area contributed by atoms with Gasteiger partial charge in [0, 0.05) is 12.6 Å². The minimum absolute atomic E-state index is 0.241. The maximum atomic E-state index is 5.39. The summed E-state index contributed by atoms with van der Waals surface area (Å²) in [5, 5.41) is 4.98. The Hall–Kier alpha value is -3.00. The summed E-state index contributed by atoms with van der Waals surface area (Å²) >= 11 is 1.57. The fourth-order valence-electron chi connectivity index (χ4n) is 2.85.